The average Bonchev–Trinajstić information content (AvgIpc) is 2.74. The minimum absolute atomic E-state index is 0.175. The first kappa shape index (κ1) is 13.2. The fourth-order valence-corrected chi connectivity index (χ4v) is 1.63. The van der Waals surface area contributed by atoms with E-state index in [2.05, 4.69) is 21.8 Å². The number of hydrogen-bond donors (Lipinski definition) is 2. The van der Waals surface area contributed by atoms with E-state index in [0.29, 0.717) is 13.0 Å². The Kier molecular flexibility index (Phi) is 6.07. The Morgan fingerprint density at radius 3 is 3.06 bits per heavy atom. The Morgan fingerprint density at radius 2 is 2.44 bits per heavy atom. The summed E-state index contributed by atoms with van der Waals surface area (Å²) in [6, 6.07) is 0.190. The van der Waals surface area contributed by atoms with Crippen LogP contribution in [0.5, 0.6) is 0 Å². The highest BCUT2D eigenvalue weighted by Crippen LogP contribution is 2.00. The Labute approximate surface area is 96.4 Å². The number of aryl methyl sites for hydroxylation is 1. The molecule has 0 aliphatic heterocycles. The van der Waals surface area contributed by atoms with Crippen molar-refractivity contribution in [3.63, 3.8) is 0 Å². The van der Waals surface area contributed by atoms with E-state index in [9.17, 15) is 0 Å². The topological polar surface area (TPSA) is 59.3 Å². The second-order valence-electron chi connectivity index (χ2n) is 3.72. The second kappa shape index (κ2) is 7.38. The van der Waals surface area contributed by atoms with E-state index in [1.54, 1.807) is 7.11 Å². The molecular formula is C11H21N3O2. The molecule has 0 aromatic carbocycles. The summed E-state index contributed by atoms with van der Waals surface area (Å²) >= 11 is 0. The molecule has 1 atom stereocenters. The summed E-state index contributed by atoms with van der Waals surface area (Å²) in [5.41, 5.74) is 1.15. The van der Waals surface area contributed by atoms with E-state index in [1.807, 2.05) is 12.5 Å². The maximum absolute atomic E-state index is 8.91. The molecule has 0 fully saturated rings. The van der Waals surface area contributed by atoms with Crippen LogP contribution >= 0.6 is 0 Å². The van der Waals surface area contributed by atoms with Crippen molar-refractivity contribution >= 4 is 0 Å². The van der Waals surface area contributed by atoms with Crippen LogP contribution in [0.3, 0.4) is 0 Å². The molecular weight excluding hydrogens is 206 g/mol. The van der Waals surface area contributed by atoms with Gasteiger partial charge in [-0.2, -0.15) is 0 Å². The lowest BCUT2D eigenvalue weighted by atomic mass is 10.2. The number of aliphatic hydroxyl groups excluding tert-OH is 1. The summed E-state index contributed by atoms with van der Waals surface area (Å²) in [7, 11) is 1.67. The van der Waals surface area contributed by atoms with Crippen molar-refractivity contribution in [2.75, 3.05) is 20.3 Å². The fraction of sp³-hybridized carbons (Fsp3) is 0.727. The molecule has 1 heterocycles. The molecule has 2 N–H and O–H groups in total. The van der Waals surface area contributed by atoms with Gasteiger partial charge in [0.1, 0.15) is 0 Å². The lowest BCUT2D eigenvalue weighted by Gasteiger charge is -2.17. The monoisotopic (exact) mass is 227 g/mol. The van der Waals surface area contributed by atoms with Crippen molar-refractivity contribution in [1.29, 1.82) is 0 Å². The van der Waals surface area contributed by atoms with E-state index in [-0.39, 0.29) is 12.6 Å². The molecule has 1 unspecified atom stereocenters. The minimum Gasteiger partial charge on any atom is -0.396 e. The van der Waals surface area contributed by atoms with Crippen LogP contribution in [0.4, 0.5) is 0 Å². The quantitative estimate of drug-likeness (QED) is 0.674. The maximum atomic E-state index is 8.91. The molecule has 0 amide bonds. The number of aliphatic hydroxyl groups is 1. The predicted octanol–water partition coefficient (Wildman–Crippen LogP) is 0.390. The third-order valence-corrected chi connectivity index (χ3v) is 2.56. The Hall–Kier alpha value is -0.910. The first-order valence-corrected chi connectivity index (χ1v) is 5.64. The molecule has 0 saturated heterocycles. The van der Waals surface area contributed by atoms with Gasteiger partial charge in [-0.1, -0.05) is 0 Å². The largest absolute Gasteiger partial charge is 0.396 e. The molecule has 0 aliphatic rings. The molecule has 92 valence electrons. The normalized spacial score (nSPS) is 12.9. The molecule has 0 spiro atoms. The molecule has 1 aromatic rings. The van der Waals surface area contributed by atoms with E-state index in [1.165, 1.54) is 0 Å². The number of methoxy groups -OCH3 is 1. The lowest BCUT2D eigenvalue weighted by molar-refractivity contribution is 0.147. The number of hydrogen-bond acceptors (Lipinski definition) is 4. The van der Waals surface area contributed by atoms with Crippen molar-refractivity contribution in [2.24, 2.45) is 0 Å². The van der Waals surface area contributed by atoms with Crippen molar-refractivity contribution in [2.45, 2.75) is 32.5 Å². The number of aromatic nitrogens is 2. The summed E-state index contributed by atoms with van der Waals surface area (Å²) in [5.74, 6) is 0. The lowest BCUT2D eigenvalue weighted by Crippen LogP contribution is -2.34. The van der Waals surface area contributed by atoms with Gasteiger partial charge in [-0.15, -0.1) is 0 Å². The van der Waals surface area contributed by atoms with Crippen LogP contribution < -0.4 is 5.32 Å². The van der Waals surface area contributed by atoms with Gasteiger partial charge in [-0.05, 0) is 13.3 Å². The first-order chi connectivity index (χ1) is 7.81. The van der Waals surface area contributed by atoms with Gasteiger partial charge in [0.25, 0.3) is 0 Å². The van der Waals surface area contributed by atoms with E-state index >= 15 is 0 Å². The van der Waals surface area contributed by atoms with Gasteiger partial charge < -0.3 is 19.7 Å². The second-order valence-corrected chi connectivity index (χ2v) is 3.72. The van der Waals surface area contributed by atoms with Crippen LogP contribution in [-0.2, 0) is 17.8 Å². The highest BCUT2D eigenvalue weighted by atomic mass is 16.5. The molecule has 5 nitrogen and oxygen atoms in total. The zero-order valence-electron chi connectivity index (χ0n) is 10.0. The van der Waals surface area contributed by atoms with Crippen LogP contribution in [0.1, 0.15) is 19.0 Å². The smallest absolute Gasteiger partial charge is 0.0948 e. The van der Waals surface area contributed by atoms with Gasteiger partial charge in [0.2, 0.25) is 0 Å². The summed E-state index contributed by atoms with van der Waals surface area (Å²) in [4.78, 5) is 4.11. The van der Waals surface area contributed by atoms with Crippen LogP contribution in [0.25, 0.3) is 0 Å². The number of nitrogens with one attached hydrogen (secondary N) is 1. The Bertz CT molecular complexity index is 283. The van der Waals surface area contributed by atoms with Gasteiger partial charge in [-0.25, -0.2) is 4.98 Å². The zero-order chi connectivity index (χ0) is 11.8. The van der Waals surface area contributed by atoms with E-state index in [4.69, 9.17) is 9.84 Å². The highest BCUT2D eigenvalue weighted by molar-refractivity contribution is 4.98. The molecule has 0 saturated carbocycles. The molecule has 5 heteroatoms. The molecule has 0 aliphatic carbocycles. The van der Waals surface area contributed by atoms with Crippen LogP contribution in [0, 0.1) is 0 Å². The third kappa shape index (κ3) is 3.92. The average molecular weight is 227 g/mol. The van der Waals surface area contributed by atoms with Crippen LogP contribution in [-0.4, -0.2) is 41.0 Å². The summed E-state index contributed by atoms with van der Waals surface area (Å²) in [6.07, 6.45) is 4.39. The zero-order valence-corrected chi connectivity index (χ0v) is 10.0. The summed E-state index contributed by atoms with van der Waals surface area (Å²) in [5, 5.41) is 12.3. The van der Waals surface area contributed by atoms with Crippen molar-refractivity contribution in [3.05, 3.63) is 18.2 Å². The Morgan fingerprint density at radius 1 is 1.62 bits per heavy atom. The van der Waals surface area contributed by atoms with E-state index < -0.39 is 0 Å². The van der Waals surface area contributed by atoms with Crippen molar-refractivity contribution < 1.29 is 9.84 Å². The SMILES string of the molecule is CCn1cncc1CNC(CCO)COC. The number of imidazole rings is 1. The van der Waals surface area contributed by atoms with Crippen LogP contribution in [0.2, 0.25) is 0 Å². The van der Waals surface area contributed by atoms with Gasteiger partial charge in [0.15, 0.2) is 0 Å². The fourth-order valence-electron chi connectivity index (χ4n) is 1.63. The van der Waals surface area contributed by atoms with Gasteiger partial charge in [-0.3, -0.25) is 0 Å². The third-order valence-electron chi connectivity index (χ3n) is 2.56. The number of nitrogens with zero attached hydrogens (tertiary/aromatic N) is 2. The molecule has 1 aromatic heterocycles. The predicted molar refractivity (Wildman–Crippen MR) is 62.1 cm³/mol. The molecule has 1 rings (SSSR count). The van der Waals surface area contributed by atoms with Crippen molar-refractivity contribution in [1.82, 2.24) is 14.9 Å². The molecule has 0 radical (unpaired) electrons. The molecule has 16 heavy (non-hydrogen) atoms. The van der Waals surface area contributed by atoms with Gasteiger partial charge in [0.05, 0.1) is 18.6 Å². The number of rotatable bonds is 8. The maximum Gasteiger partial charge on any atom is 0.0948 e. The highest BCUT2D eigenvalue weighted by Gasteiger charge is 2.08. The van der Waals surface area contributed by atoms with Gasteiger partial charge in [0, 0.05) is 39.0 Å². The Balaban J connectivity index is 2.41. The first-order valence-electron chi connectivity index (χ1n) is 5.64. The summed E-state index contributed by atoms with van der Waals surface area (Å²) in [6.45, 7) is 4.55. The van der Waals surface area contributed by atoms with E-state index in [0.717, 1.165) is 18.8 Å². The standard InChI is InChI=1S/C11H21N3O2/c1-3-14-9-12-6-11(14)7-13-10(4-5-15)8-16-2/h6,9-10,13,15H,3-5,7-8H2,1-2H3. The van der Waals surface area contributed by atoms with Crippen molar-refractivity contribution in [3.8, 4) is 0 Å². The molecule has 0 bridgehead atoms. The number of ether oxygens (including phenoxy) is 1. The van der Waals surface area contributed by atoms with Gasteiger partial charge >= 0.3 is 0 Å². The summed E-state index contributed by atoms with van der Waals surface area (Å²) < 4.78 is 7.18. The minimum atomic E-state index is 0.175. The van der Waals surface area contributed by atoms with Crippen LogP contribution in [0.15, 0.2) is 12.5 Å².